The molecule has 2 aliphatic rings. The van der Waals surface area contributed by atoms with Gasteiger partial charge in [0.1, 0.15) is 23.1 Å². The zero-order valence-electron chi connectivity index (χ0n) is 30.6. The summed E-state index contributed by atoms with van der Waals surface area (Å²) in [7, 11) is 0. The summed E-state index contributed by atoms with van der Waals surface area (Å²) in [4.78, 5) is 17.5. The lowest BCUT2D eigenvalue weighted by Gasteiger charge is -2.36. The van der Waals surface area contributed by atoms with Gasteiger partial charge in [-0.3, -0.25) is 9.69 Å². The van der Waals surface area contributed by atoms with Crippen molar-refractivity contribution in [2.75, 3.05) is 50.8 Å². The van der Waals surface area contributed by atoms with Gasteiger partial charge in [-0.25, -0.2) is 4.39 Å². The fourth-order valence-corrected chi connectivity index (χ4v) is 7.60. The van der Waals surface area contributed by atoms with Crippen molar-refractivity contribution in [3.8, 4) is 17.2 Å². The second-order valence-electron chi connectivity index (χ2n) is 14.4. The predicted octanol–water partition coefficient (Wildman–Crippen LogP) is 9.63. The number of unbranched alkanes of at least 4 members (excludes halogenated alkanes) is 2. The van der Waals surface area contributed by atoms with Crippen LogP contribution in [0.2, 0.25) is 0 Å². The number of nitrogens with zero attached hydrogens (tertiary/aromatic N) is 2. The number of ether oxygens (including phenoxy) is 2. The normalized spacial score (nSPS) is 17.8. The fourth-order valence-electron chi connectivity index (χ4n) is 7.60. The van der Waals surface area contributed by atoms with Gasteiger partial charge < -0.3 is 19.5 Å². The van der Waals surface area contributed by atoms with Crippen molar-refractivity contribution in [3.63, 3.8) is 0 Å². The molecule has 1 saturated heterocycles. The molecule has 1 fully saturated rings. The third kappa shape index (κ3) is 8.98. The smallest absolute Gasteiger partial charge is 0.416 e. The van der Waals surface area contributed by atoms with Crippen LogP contribution in [-0.2, 0) is 12.6 Å². The number of aryl methyl sites for hydroxylation is 1. The molecule has 0 saturated carbocycles. The van der Waals surface area contributed by atoms with Crippen LogP contribution in [0.1, 0.15) is 90.0 Å². The number of anilines is 1. The molecule has 6 rings (SSSR count). The summed E-state index contributed by atoms with van der Waals surface area (Å²) in [5, 5.41) is 10.0. The third-order valence-electron chi connectivity index (χ3n) is 10.5. The molecule has 6 nitrogen and oxygen atoms in total. The number of fused-ring (bicyclic) bond motifs is 1. The Bertz CT molecular complexity index is 1870. The number of carbonyl (C=O) groups excluding carboxylic acids is 1. The Kier molecular flexibility index (Phi) is 12.0. The number of Topliss-reactive ketones (excluding diaryl/α,β-unsaturated/α-hetero) is 1. The first-order valence-electron chi connectivity index (χ1n) is 18.6. The number of piperazine rings is 1. The molecule has 0 aromatic heterocycles. The first-order valence-corrected chi connectivity index (χ1v) is 18.6. The quantitative estimate of drug-likeness (QED) is 0.0840. The van der Waals surface area contributed by atoms with E-state index in [1.165, 1.54) is 23.9 Å². The van der Waals surface area contributed by atoms with Crippen molar-refractivity contribution in [2.45, 2.75) is 64.5 Å². The number of halogens is 4. The molecule has 2 heterocycles. The van der Waals surface area contributed by atoms with Gasteiger partial charge in [0.05, 0.1) is 18.8 Å². The summed E-state index contributed by atoms with van der Waals surface area (Å²) < 4.78 is 68.1. The molecule has 1 N–H and O–H groups in total. The van der Waals surface area contributed by atoms with E-state index in [4.69, 9.17) is 9.47 Å². The summed E-state index contributed by atoms with van der Waals surface area (Å²) in [6.45, 7) is 11.4. The van der Waals surface area contributed by atoms with E-state index in [1.807, 2.05) is 44.2 Å². The first-order chi connectivity index (χ1) is 25.4. The van der Waals surface area contributed by atoms with Gasteiger partial charge in [0.15, 0.2) is 5.78 Å². The van der Waals surface area contributed by atoms with Crippen LogP contribution in [0.3, 0.4) is 0 Å². The summed E-state index contributed by atoms with van der Waals surface area (Å²) in [6, 6.07) is 21.1. The van der Waals surface area contributed by atoms with Crippen LogP contribution < -0.4 is 14.4 Å². The van der Waals surface area contributed by atoms with Gasteiger partial charge >= 0.3 is 6.18 Å². The molecule has 0 aliphatic carbocycles. The number of ketones is 1. The standard InChI is InChI=1S/C43H48F4N2O4/c1-4-29-24-32(11-16-35(29)42(51)28(2)3)49-21-19-48(20-22-49)18-6-5-7-23-52-34-13-8-30(9-14-34)41-37-17-12-33(50)26-40(37)53-27-38(41)36-15-10-31(44)25-39(36)43(45,46)47/h8-17,24-26,28,38,41,50H,4-7,18-23,27H2,1-3H3. The number of hydrogen-bond acceptors (Lipinski definition) is 6. The topological polar surface area (TPSA) is 62.2 Å². The molecule has 4 aromatic rings. The van der Waals surface area contributed by atoms with Gasteiger partial charge in [0.2, 0.25) is 0 Å². The van der Waals surface area contributed by atoms with E-state index in [2.05, 4.69) is 28.9 Å². The average Bonchev–Trinajstić information content (AvgIpc) is 3.15. The van der Waals surface area contributed by atoms with E-state index in [0.717, 1.165) is 81.2 Å². The predicted molar refractivity (Wildman–Crippen MR) is 199 cm³/mol. The summed E-state index contributed by atoms with van der Waals surface area (Å²) in [6.07, 6.45) is -0.920. The molecule has 53 heavy (non-hydrogen) atoms. The van der Waals surface area contributed by atoms with Crippen LogP contribution in [0.4, 0.5) is 23.2 Å². The van der Waals surface area contributed by atoms with Crippen LogP contribution in [0, 0.1) is 11.7 Å². The highest BCUT2D eigenvalue weighted by Crippen LogP contribution is 2.49. The number of alkyl halides is 3. The molecule has 4 aromatic carbocycles. The number of carbonyl (C=O) groups is 1. The number of aromatic hydroxyl groups is 1. The molecule has 2 atom stereocenters. The molecular formula is C43H48F4N2O4. The van der Waals surface area contributed by atoms with Gasteiger partial charge in [-0.05, 0) is 97.4 Å². The molecule has 0 amide bonds. The Morgan fingerprint density at radius 1 is 0.906 bits per heavy atom. The number of benzene rings is 4. The van der Waals surface area contributed by atoms with Crippen LogP contribution >= 0.6 is 0 Å². The zero-order chi connectivity index (χ0) is 37.7. The Morgan fingerprint density at radius 2 is 1.64 bits per heavy atom. The third-order valence-corrected chi connectivity index (χ3v) is 10.5. The van der Waals surface area contributed by atoms with Gasteiger partial charge in [-0.2, -0.15) is 13.2 Å². The Morgan fingerprint density at radius 3 is 2.34 bits per heavy atom. The van der Waals surface area contributed by atoms with E-state index < -0.39 is 29.4 Å². The molecule has 10 heteroatoms. The van der Waals surface area contributed by atoms with E-state index >= 15 is 0 Å². The Hall–Kier alpha value is -4.57. The van der Waals surface area contributed by atoms with Gasteiger partial charge in [0, 0.05) is 66.8 Å². The monoisotopic (exact) mass is 732 g/mol. The van der Waals surface area contributed by atoms with E-state index in [9.17, 15) is 27.5 Å². The first kappa shape index (κ1) is 38.2. The summed E-state index contributed by atoms with van der Waals surface area (Å²) >= 11 is 0. The van der Waals surface area contributed by atoms with E-state index in [1.54, 1.807) is 6.07 Å². The molecule has 282 valence electrons. The Labute approximate surface area is 309 Å². The molecule has 2 unspecified atom stereocenters. The van der Waals surface area contributed by atoms with Crippen molar-refractivity contribution >= 4 is 11.5 Å². The largest absolute Gasteiger partial charge is 0.508 e. The highest BCUT2D eigenvalue weighted by molar-refractivity contribution is 5.99. The van der Waals surface area contributed by atoms with Crippen molar-refractivity contribution in [1.29, 1.82) is 0 Å². The number of phenolic OH excluding ortho intramolecular Hbond substituents is 1. The highest BCUT2D eigenvalue weighted by Gasteiger charge is 2.41. The molecule has 2 aliphatic heterocycles. The fraction of sp³-hybridized carbons (Fsp3) is 0.419. The number of phenols is 1. The minimum absolute atomic E-state index is 0.00507. The number of rotatable bonds is 13. The zero-order valence-corrected chi connectivity index (χ0v) is 30.6. The second-order valence-corrected chi connectivity index (χ2v) is 14.4. The van der Waals surface area contributed by atoms with E-state index in [0.29, 0.717) is 29.7 Å². The molecule has 0 radical (unpaired) electrons. The maximum atomic E-state index is 14.1. The van der Waals surface area contributed by atoms with Gasteiger partial charge in [0.25, 0.3) is 0 Å². The minimum Gasteiger partial charge on any atom is -0.508 e. The number of hydrogen-bond donors (Lipinski definition) is 1. The lowest BCUT2D eigenvalue weighted by molar-refractivity contribution is -0.138. The summed E-state index contributed by atoms with van der Waals surface area (Å²) in [5.41, 5.74) is 3.50. The lowest BCUT2D eigenvalue weighted by atomic mass is 9.74. The van der Waals surface area contributed by atoms with Crippen LogP contribution in [-0.4, -0.2) is 61.7 Å². The van der Waals surface area contributed by atoms with Crippen molar-refractivity contribution in [3.05, 3.63) is 118 Å². The minimum atomic E-state index is -4.74. The average molecular weight is 733 g/mol. The maximum absolute atomic E-state index is 14.1. The van der Waals surface area contributed by atoms with Crippen molar-refractivity contribution in [2.24, 2.45) is 5.92 Å². The lowest BCUT2D eigenvalue weighted by Crippen LogP contribution is -2.46. The van der Waals surface area contributed by atoms with Crippen molar-refractivity contribution < 1.29 is 36.9 Å². The summed E-state index contributed by atoms with van der Waals surface area (Å²) in [5.74, 6) is -0.976. The van der Waals surface area contributed by atoms with Crippen molar-refractivity contribution in [1.82, 2.24) is 4.90 Å². The molecule has 0 spiro atoms. The maximum Gasteiger partial charge on any atom is 0.416 e. The van der Waals surface area contributed by atoms with Gasteiger partial charge in [-0.1, -0.05) is 45.0 Å². The Balaban J connectivity index is 1.000. The van der Waals surface area contributed by atoms with Crippen LogP contribution in [0.5, 0.6) is 17.2 Å². The molecular weight excluding hydrogens is 684 g/mol. The second kappa shape index (κ2) is 16.6. The van der Waals surface area contributed by atoms with Crippen LogP contribution in [0.25, 0.3) is 0 Å². The SMILES string of the molecule is CCc1cc(N2CCN(CCCCCOc3ccc(C4c5ccc(O)cc5OCC4c4ccc(F)cc4C(F)(F)F)cc3)CC2)ccc1C(=O)C(C)C. The van der Waals surface area contributed by atoms with Gasteiger partial charge in [-0.15, -0.1) is 0 Å². The highest BCUT2D eigenvalue weighted by atomic mass is 19.4. The van der Waals surface area contributed by atoms with E-state index in [-0.39, 0.29) is 29.6 Å². The van der Waals surface area contributed by atoms with Crippen LogP contribution in [0.15, 0.2) is 78.9 Å². The molecule has 0 bridgehead atoms.